The largest absolute Gasteiger partial charge is 0.467 e. The van der Waals surface area contributed by atoms with Gasteiger partial charge >= 0.3 is 12.1 Å². The van der Waals surface area contributed by atoms with Crippen LogP contribution in [-0.2, 0) is 20.7 Å². The quantitative estimate of drug-likeness (QED) is 0.612. The first-order valence-corrected chi connectivity index (χ1v) is 6.33. The van der Waals surface area contributed by atoms with Crippen molar-refractivity contribution in [2.45, 2.75) is 18.9 Å². The number of alkyl carbamates (subject to hydrolysis) is 1. The number of esters is 1. The summed E-state index contributed by atoms with van der Waals surface area (Å²) in [5, 5.41) is 2.49. The lowest BCUT2D eigenvalue weighted by Crippen LogP contribution is -2.42. The Hall–Kier alpha value is -2.30. The first-order chi connectivity index (χ1) is 9.67. The maximum Gasteiger partial charge on any atom is 0.408 e. The van der Waals surface area contributed by atoms with Crippen molar-refractivity contribution >= 4 is 12.1 Å². The molecule has 1 amide bonds. The summed E-state index contributed by atoms with van der Waals surface area (Å²) in [6.45, 7) is 3.54. The molecule has 1 N–H and O–H groups in total. The van der Waals surface area contributed by atoms with E-state index in [0.717, 1.165) is 5.56 Å². The predicted octanol–water partition coefficient (Wildman–Crippen LogP) is 2.07. The van der Waals surface area contributed by atoms with Crippen LogP contribution in [0, 0.1) is 0 Å². The Morgan fingerprint density at radius 2 is 2.05 bits per heavy atom. The van der Waals surface area contributed by atoms with Crippen molar-refractivity contribution in [1.82, 2.24) is 5.32 Å². The molecule has 0 fully saturated rings. The SMILES string of the molecule is C=CCOC(=O)N[C@H](CCc1ccccc1)C(=O)OC. The van der Waals surface area contributed by atoms with Gasteiger partial charge in [-0.25, -0.2) is 9.59 Å². The molecule has 0 heterocycles. The third-order valence-electron chi connectivity index (χ3n) is 2.67. The van der Waals surface area contributed by atoms with Gasteiger partial charge in [-0.15, -0.1) is 0 Å². The number of aryl methyl sites for hydroxylation is 1. The highest BCUT2D eigenvalue weighted by Gasteiger charge is 2.21. The smallest absolute Gasteiger partial charge is 0.408 e. The van der Waals surface area contributed by atoms with Gasteiger partial charge in [0, 0.05) is 0 Å². The first kappa shape index (κ1) is 15.8. The Labute approximate surface area is 118 Å². The molecule has 1 rings (SSSR count). The van der Waals surface area contributed by atoms with E-state index in [1.807, 2.05) is 30.3 Å². The number of carbonyl (C=O) groups excluding carboxylic acids is 2. The molecule has 0 radical (unpaired) electrons. The average molecular weight is 277 g/mol. The maximum atomic E-state index is 11.6. The Balaban J connectivity index is 2.54. The van der Waals surface area contributed by atoms with Crippen molar-refractivity contribution in [1.29, 1.82) is 0 Å². The van der Waals surface area contributed by atoms with Gasteiger partial charge in [-0.3, -0.25) is 0 Å². The molecule has 1 aromatic rings. The van der Waals surface area contributed by atoms with Crippen LogP contribution in [0.1, 0.15) is 12.0 Å². The normalized spacial score (nSPS) is 11.2. The molecule has 0 aliphatic heterocycles. The Morgan fingerprint density at radius 1 is 1.35 bits per heavy atom. The van der Waals surface area contributed by atoms with E-state index in [9.17, 15) is 9.59 Å². The fourth-order valence-corrected chi connectivity index (χ4v) is 1.67. The minimum absolute atomic E-state index is 0.0956. The highest BCUT2D eigenvalue weighted by atomic mass is 16.6. The Morgan fingerprint density at radius 3 is 2.65 bits per heavy atom. The van der Waals surface area contributed by atoms with Crippen molar-refractivity contribution < 1.29 is 19.1 Å². The lowest BCUT2D eigenvalue weighted by atomic mass is 10.1. The predicted molar refractivity (Wildman–Crippen MR) is 75.2 cm³/mol. The van der Waals surface area contributed by atoms with Crippen LogP contribution in [0.2, 0.25) is 0 Å². The van der Waals surface area contributed by atoms with E-state index >= 15 is 0 Å². The first-order valence-electron chi connectivity index (χ1n) is 6.33. The van der Waals surface area contributed by atoms with Crippen LogP contribution in [0.3, 0.4) is 0 Å². The minimum Gasteiger partial charge on any atom is -0.467 e. The van der Waals surface area contributed by atoms with E-state index in [2.05, 4.69) is 16.6 Å². The molecule has 0 unspecified atom stereocenters. The highest BCUT2D eigenvalue weighted by Crippen LogP contribution is 2.06. The molecule has 0 saturated heterocycles. The molecule has 0 aliphatic carbocycles. The summed E-state index contributed by atoms with van der Waals surface area (Å²) in [6.07, 6.45) is 1.90. The summed E-state index contributed by atoms with van der Waals surface area (Å²) in [6, 6.07) is 8.97. The van der Waals surface area contributed by atoms with Gasteiger partial charge in [0.1, 0.15) is 12.6 Å². The van der Waals surface area contributed by atoms with Crippen LogP contribution in [0.25, 0.3) is 0 Å². The third-order valence-corrected chi connectivity index (χ3v) is 2.67. The summed E-state index contributed by atoms with van der Waals surface area (Å²) in [5.41, 5.74) is 1.09. The van der Waals surface area contributed by atoms with Gasteiger partial charge in [0.25, 0.3) is 0 Å². The molecule has 0 spiro atoms. The zero-order chi connectivity index (χ0) is 14.8. The molecule has 0 bridgehead atoms. The van der Waals surface area contributed by atoms with Gasteiger partial charge in [-0.2, -0.15) is 0 Å². The summed E-state index contributed by atoms with van der Waals surface area (Å²) in [4.78, 5) is 23.1. The summed E-state index contributed by atoms with van der Waals surface area (Å²) in [5.74, 6) is -0.489. The van der Waals surface area contributed by atoms with Gasteiger partial charge in [0.05, 0.1) is 7.11 Å². The molecular weight excluding hydrogens is 258 g/mol. The number of carbonyl (C=O) groups is 2. The van der Waals surface area contributed by atoms with Crippen molar-refractivity contribution in [3.05, 3.63) is 48.6 Å². The Kier molecular flexibility index (Phi) is 6.89. The molecule has 108 valence electrons. The zero-order valence-corrected chi connectivity index (χ0v) is 11.5. The number of benzene rings is 1. The molecular formula is C15H19NO4. The summed E-state index contributed by atoms with van der Waals surface area (Å²) >= 11 is 0. The highest BCUT2D eigenvalue weighted by molar-refractivity contribution is 5.81. The fraction of sp³-hybridized carbons (Fsp3) is 0.333. The Bertz CT molecular complexity index is 444. The van der Waals surface area contributed by atoms with E-state index in [-0.39, 0.29) is 6.61 Å². The molecule has 0 aromatic heterocycles. The topological polar surface area (TPSA) is 64.6 Å². The van der Waals surface area contributed by atoms with Crippen LogP contribution in [0.5, 0.6) is 0 Å². The van der Waals surface area contributed by atoms with Crippen LogP contribution >= 0.6 is 0 Å². The molecule has 1 atom stereocenters. The van der Waals surface area contributed by atoms with E-state index < -0.39 is 18.1 Å². The van der Waals surface area contributed by atoms with Crippen LogP contribution in [0.15, 0.2) is 43.0 Å². The van der Waals surface area contributed by atoms with Gasteiger partial charge < -0.3 is 14.8 Å². The third kappa shape index (κ3) is 5.56. The van der Waals surface area contributed by atoms with Crippen molar-refractivity contribution in [2.75, 3.05) is 13.7 Å². The maximum absolute atomic E-state index is 11.6. The van der Waals surface area contributed by atoms with Crippen molar-refractivity contribution in [3.8, 4) is 0 Å². The number of ether oxygens (including phenoxy) is 2. The molecule has 0 saturated carbocycles. The monoisotopic (exact) mass is 277 g/mol. The second-order valence-electron chi connectivity index (χ2n) is 4.13. The van der Waals surface area contributed by atoms with E-state index in [0.29, 0.717) is 12.8 Å². The van der Waals surface area contributed by atoms with Crippen LogP contribution < -0.4 is 5.32 Å². The van der Waals surface area contributed by atoms with Gasteiger partial charge in [-0.1, -0.05) is 43.0 Å². The van der Waals surface area contributed by atoms with Gasteiger partial charge in [0.2, 0.25) is 0 Å². The lowest BCUT2D eigenvalue weighted by Gasteiger charge is -2.16. The molecule has 20 heavy (non-hydrogen) atoms. The average Bonchev–Trinajstić information content (AvgIpc) is 2.49. The molecule has 1 aromatic carbocycles. The molecule has 5 nitrogen and oxygen atoms in total. The van der Waals surface area contributed by atoms with Gasteiger partial charge in [-0.05, 0) is 18.4 Å². The van der Waals surface area contributed by atoms with Crippen molar-refractivity contribution in [2.24, 2.45) is 0 Å². The van der Waals surface area contributed by atoms with Crippen LogP contribution in [-0.4, -0.2) is 31.8 Å². The van der Waals surface area contributed by atoms with E-state index in [1.165, 1.54) is 13.2 Å². The molecule has 0 aliphatic rings. The number of hydrogen-bond donors (Lipinski definition) is 1. The zero-order valence-electron chi connectivity index (χ0n) is 11.5. The second-order valence-corrected chi connectivity index (χ2v) is 4.13. The standard InChI is InChI=1S/C15H19NO4/c1-3-11-20-15(18)16-13(14(17)19-2)10-9-12-7-5-4-6-8-12/h3-8,13H,1,9-11H2,2H3,(H,16,18)/t13-/m1/s1. The fourth-order valence-electron chi connectivity index (χ4n) is 1.67. The lowest BCUT2D eigenvalue weighted by molar-refractivity contribution is -0.143. The van der Waals surface area contributed by atoms with Crippen molar-refractivity contribution in [3.63, 3.8) is 0 Å². The van der Waals surface area contributed by atoms with E-state index in [4.69, 9.17) is 4.74 Å². The number of nitrogens with one attached hydrogen (secondary N) is 1. The second kappa shape index (κ2) is 8.74. The number of hydrogen-bond acceptors (Lipinski definition) is 4. The summed E-state index contributed by atoms with van der Waals surface area (Å²) < 4.78 is 9.47. The summed E-state index contributed by atoms with van der Waals surface area (Å²) in [7, 11) is 1.29. The number of rotatable bonds is 7. The number of methoxy groups -OCH3 is 1. The number of amides is 1. The molecule has 5 heteroatoms. The minimum atomic E-state index is -0.725. The van der Waals surface area contributed by atoms with E-state index in [1.54, 1.807) is 0 Å². The van der Waals surface area contributed by atoms with Crippen LogP contribution in [0.4, 0.5) is 4.79 Å². The van der Waals surface area contributed by atoms with Gasteiger partial charge in [0.15, 0.2) is 0 Å².